The molecule has 4 atom stereocenters. The number of ether oxygens (including phenoxy) is 1. The van der Waals surface area contributed by atoms with Crippen LogP contribution in [-0.2, 0) is 19.0 Å². The number of hydrogen-bond acceptors (Lipinski definition) is 5. The lowest BCUT2D eigenvalue weighted by Crippen LogP contribution is -2.43. The molecule has 2 aliphatic heterocycles. The third-order valence-electron chi connectivity index (χ3n) is 5.86. The number of amides is 2. The number of imide groups is 1. The lowest BCUT2D eigenvalue weighted by molar-refractivity contribution is -0.138. The minimum Gasteiger partial charge on any atom is -0.427 e. The smallest absolute Gasteiger partial charge is 0.427 e. The summed E-state index contributed by atoms with van der Waals surface area (Å²) in [6, 6.07) is 9.69. The summed E-state index contributed by atoms with van der Waals surface area (Å²) in [5, 5.41) is 10.3. The van der Waals surface area contributed by atoms with E-state index in [0.717, 1.165) is 16.7 Å². The van der Waals surface area contributed by atoms with E-state index in [-0.39, 0.29) is 23.7 Å². The Bertz CT molecular complexity index is 764. The van der Waals surface area contributed by atoms with E-state index < -0.39 is 19.1 Å². The van der Waals surface area contributed by atoms with E-state index in [1.54, 1.807) is 14.2 Å². The monoisotopic (exact) mass is 355 g/mol. The zero-order chi connectivity index (χ0) is 18.4. The van der Waals surface area contributed by atoms with Crippen LogP contribution in [0.15, 0.2) is 41.5 Å². The Hall–Kier alpha value is -1.96. The van der Waals surface area contributed by atoms with Crippen molar-refractivity contribution < 1.29 is 24.0 Å². The van der Waals surface area contributed by atoms with Crippen molar-refractivity contribution in [2.45, 2.75) is 18.8 Å². The molecule has 1 N–H and O–H groups in total. The molecule has 0 unspecified atom stereocenters. The standard InChI is InChI=1S/C19H22BNO5/c1-21-18(22)13-8-12(10-25-2)15-14(16(13)19(21)23)9-20(24)26-17(15)11-6-4-3-5-7-11/h3-7,13-14,16-17,24H,8-10H2,1-2H3/t13-,14+,16-,17-/m1/s1. The highest BCUT2D eigenvalue weighted by atomic mass is 16.5. The molecule has 6 nitrogen and oxygen atoms in total. The van der Waals surface area contributed by atoms with Crippen molar-refractivity contribution >= 4 is 18.9 Å². The third kappa shape index (κ3) is 2.62. The second kappa shape index (κ2) is 6.65. The maximum Gasteiger partial charge on any atom is 0.455 e. The van der Waals surface area contributed by atoms with Crippen LogP contribution in [0.1, 0.15) is 18.1 Å². The van der Waals surface area contributed by atoms with Crippen LogP contribution >= 0.6 is 0 Å². The molecule has 7 heteroatoms. The lowest BCUT2D eigenvalue weighted by atomic mass is 9.58. The van der Waals surface area contributed by atoms with E-state index in [1.165, 1.54) is 4.90 Å². The fraction of sp³-hybridized carbons (Fsp3) is 0.474. The van der Waals surface area contributed by atoms with Gasteiger partial charge in [0.1, 0.15) is 0 Å². The Morgan fingerprint density at radius 3 is 2.65 bits per heavy atom. The van der Waals surface area contributed by atoms with E-state index >= 15 is 0 Å². The highest BCUT2D eigenvalue weighted by Gasteiger charge is 2.56. The molecular weight excluding hydrogens is 333 g/mol. The average Bonchev–Trinajstić information content (AvgIpc) is 2.86. The van der Waals surface area contributed by atoms with Gasteiger partial charge in [-0.15, -0.1) is 0 Å². The Morgan fingerprint density at radius 2 is 1.96 bits per heavy atom. The van der Waals surface area contributed by atoms with Gasteiger partial charge >= 0.3 is 7.12 Å². The molecule has 0 spiro atoms. The molecule has 2 saturated heterocycles. The molecule has 2 amide bonds. The number of rotatable bonds is 3. The lowest BCUT2D eigenvalue weighted by Gasteiger charge is -2.43. The maximum absolute atomic E-state index is 12.7. The Kier molecular flexibility index (Phi) is 4.46. The molecular formula is C19H22BNO5. The van der Waals surface area contributed by atoms with Gasteiger partial charge in [-0.1, -0.05) is 30.3 Å². The van der Waals surface area contributed by atoms with Gasteiger partial charge in [0.05, 0.1) is 24.5 Å². The van der Waals surface area contributed by atoms with Crippen LogP contribution < -0.4 is 0 Å². The predicted molar refractivity (Wildman–Crippen MR) is 94.8 cm³/mol. The van der Waals surface area contributed by atoms with E-state index in [4.69, 9.17) is 9.39 Å². The molecule has 0 aromatic heterocycles. The molecule has 1 aromatic rings. The largest absolute Gasteiger partial charge is 0.455 e. The van der Waals surface area contributed by atoms with Crippen LogP contribution in [0, 0.1) is 17.8 Å². The summed E-state index contributed by atoms with van der Waals surface area (Å²) in [5.74, 6) is -1.29. The van der Waals surface area contributed by atoms with Crippen LogP contribution in [0.4, 0.5) is 0 Å². The molecule has 0 saturated carbocycles. The van der Waals surface area contributed by atoms with Crippen molar-refractivity contribution in [3.63, 3.8) is 0 Å². The van der Waals surface area contributed by atoms with Gasteiger partial charge in [-0.05, 0) is 35.4 Å². The molecule has 1 aliphatic carbocycles. The van der Waals surface area contributed by atoms with Crippen molar-refractivity contribution in [1.82, 2.24) is 4.90 Å². The maximum atomic E-state index is 12.7. The Balaban J connectivity index is 1.83. The van der Waals surface area contributed by atoms with Gasteiger partial charge < -0.3 is 14.4 Å². The number of carbonyl (C=O) groups is 2. The van der Waals surface area contributed by atoms with Crippen molar-refractivity contribution in [3.8, 4) is 0 Å². The summed E-state index contributed by atoms with van der Waals surface area (Å²) in [6.45, 7) is 0.392. The van der Waals surface area contributed by atoms with Crippen LogP contribution in [0.25, 0.3) is 0 Å². The van der Waals surface area contributed by atoms with Gasteiger partial charge in [0.2, 0.25) is 11.8 Å². The second-order valence-electron chi connectivity index (χ2n) is 7.29. The van der Waals surface area contributed by atoms with Gasteiger partial charge in [0.25, 0.3) is 0 Å². The third-order valence-corrected chi connectivity index (χ3v) is 5.86. The van der Waals surface area contributed by atoms with E-state index in [0.29, 0.717) is 19.3 Å². The topological polar surface area (TPSA) is 76.1 Å². The fourth-order valence-electron chi connectivity index (χ4n) is 4.77. The van der Waals surface area contributed by atoms with E-state index in [1.807, 2.05) is 30.3 Å². The molecule has 4 rings (SSSR count). The highest BCUT2D eigenvalue weighted by molar-refractivity contribution is 6.43. The van der Waals surface area contributed by atoms with Crippen LogP contribution in [0.3, 0.4) is 0 Å². The Labute approximate surface area is 152 Å². The first-order valence-electron chi connectivity index (χ1n) is 8.93. The van der Waals surface area contributed by atoms with Gasteiger partial charge in [0.15, 0.2) is 0 Å². The van der Waals surface area contributed by atoms with Crippen molar-refractivity contribution in [3.05, 3.63) is 47.0 Å². The molecule has 0 bridgehead atoms. The molecule has 0 radical (unpaired) electrons. The first-order chi connectivity index (χ1) is 12.5. The highest BCUT2D eigenvalue weighted by Crippen LogP contribution is 2.52. The van der Waals surface area contributed by atoms with Gasteiger partial charge in [-0.2, -0.15) is 0 Å². The molecule has 2 fully saturated rings. The predicted octanol–water partition coefficient (Wildman–Crippen LogP) is 1.43. The van der Waals surface area contributed by atoms with Crippen molar-refractivity contribution in [2.24, 2.45) is 17.8 Å². The molecule has 1 aromatic carbocycles. The number of benzene rings is 1. The number of likely N-dealkylation sites (tertiary alicyclic amines) is 1. The first-order valence-corrected chi connectivity index (χ1v) is 8.93. The summed E-state index contributed by atoms with van der Waals surface area (Å²) >= 11 is 0. The number of fused-ring (bicyclic) bond motifs is 3. The zero-order valence-electron chi connectivity index (χ0n) is 14.9. The zero-order valence-corrected chi connectivity index (χ0v) is 14.9. The summed E-state index contributed by atoms with van der Waals surface area (Å²) in [7, 11) is 2.20. The minimum absolute atomic E-state index is 0.134. The molecule has 2 heterocycles. The minimum atomic E-state index is -0.967. The fourth-order valence-corrected chi connectivity index (χ4v) is 4.77. The van der Waals surface area contributed by atoms with Crippen molar-refractivity contribution in [2.75, 3.05) is 20.8 Å². The summed E-state index contributed by atoms with van der Waals surface area (Å²) in [6.07, 6.45) is 0.395. The van der Waals surface area contributed by atoms with Gasteiger partial charge in [-0.3, -0.25) is 14.5 Å². The number of hydrogen-bond donors (Lipinski definition) is 1. The molecule has 3 aliphatic rings. The SMILES string of the molecule is COCC1=C2[C@@H](c3ccccc3)OB(O)C[C@@H]2[C@@H]2C(=O)N(C)C(=O)[C@@H]2C1. The Morgan fingerprint density at radius 1 is 1.23 bits per heavy atom. The number of methoxy groups -OCH3 is 1. The van der Waals surface area contributed by atoms with Crippen LogP contribution in [0.2, 0.25) is 6.32 Å². The molecule has 136 valence electrons. The van der Waals surface area contributed by atoms with Gasteiger partial charge in [-0.25, -0.2) is 0 Å². The number of nitrogens with zero attached hydrogens (tertiary/aromatic N) is 1. The quantitative estimate of drug-likeness (QED) is 0.504. The average molecular weight is 355 g/mol. The normalized spacial score (nSPS) is 31.3. The summed E-state index contributed by atoms with van der Waals surface area (Å²) < 4.78 is 11.3. The van der Waals surface area contributed by atoms with Crippen LogP contribution in [-0.4, -0.2) is 49.6 Å². The first kappa shape index (κ1) is 17.5. The van der Waals surface area contributed by atoms with E-state index in [2.05, 4.69) is 0 Å². The number of carbonyl (C=O) groups excluding carboxylic acids is 2. The van der Waals surface area contributed by atoms with E-state index in [9.17, 15) is 14.6 Å². The van der Waals surface area contributed by atoms with Crippen LogP contribution in [0.5, 0.6) is 0 Å². The molecule has 26 heavy (non-hydrogen) atoms. The summed E-state index contributed by atoms with van der Waals surface area (Å²) in [5.41, 5.74) is 2.94. The van der Waals surface area contributed by atoms with Gasteiger partial charge in [0, 0.05) is 14.2 Å². The summed E-state index contributed by atoms with van der Waals surface area (Å²) in [4.78, 5) is 26.5. The van der Waals surface area contributed by atoms with Crippen molar-refractivity contribution in [1.29, 1.82) is 0 Å². The second-order valence-corrected chi connectivity index (χ2v) is 7.29.